The van der Waals surface area contributed by atoms with Crippen molar-refractivity contribution in [1.82, 2.24) is 14.5 Å². The number of nitrogens with two attached hydrogens (primary N) is 1. The van der Waals surface area contributed by atoms with E-state index >= 15 is 0 Å². The molecule has 0 unspecified atom stereocenters. The number of nitrogens with zero attached hydrogens (tertiary/aromatic N) is 3. The van der Waals surface area contributed by atoms with Crippen LogP contribution in [0.5, 0.6) is 5.75 Å². The quantitative estimate of drug-likeness (QED) is 0.805. The fraction of sp³-hybridized carbons (Fsp3) is 0.200. The van der Waals surface area contributed by atoms with E-state index in [0.717, 1.165) is 28.3 Å². The summed E-state index contributed by atoms with van der Waals surface area (Å²) in [5.41, 5.74) is 8.21. The zero-order valence-corrected chi connectivity index (χ0v) is 12.3. The topological polar surface area (TPSA) is 66.0 Å². The Kier molecular flexibility index (Phi) is 3.77. The first-order valence-corrected chi connectivity index (χ1v) is 6.97. The van der Waals surface area contributed by atoms with Crippen LogP contribution in [0.2, 0.25) is 5.02 Å². The summed E-state index contributed by atoms with van der Waals surface area (Å²) in [7, 11) is 1.64. The van der Waals surface area contributed by atoms with Crippen LogP contribution >= 0.6 is 11.6 Å². The smallest absolute Gasteiger partial charge is 0.160 e. The lowest BCUT2D eigenvalue weighted by Gasteiger charge is -2.08. The number of ether oxygens (including phenoxy) is 1. The molecular weight excluding hydrogens is 288 g/mol. The first-order chi connectivity index (χ1) is 10.2. The van der Waals surface area contributed by atoms with E-state index in [-0.39, 0.29) is 0 Å². The summed E-state index contributed by atoms with van der Waals surface area (Å²) < 4.78 is 7.27. The third kappa shape index (κ3) is 2.57. The summed E-state index contributed by atoms with van der Waals surface area (Å²) in [5.74, 6) is 1.59. The molecule has 2 heterocycles. The normalized spacial score (nSPS) is 11.0. The van der Waals surface area contributed by atoms with Crippen molar-refractivity contribution in [3.63, 3.8) is 0 Å². The molecule has 6 heteroatoms. The molecule has 21 heavy (non-hydrogen) atoms. The van der Waals surface area contributed by atoms with Gasteiger partial charge in [0, 0.05) is 24.8 Å². The molecule has 5 nitrogen and oxygen atoms in total. The molecule has 0 spiro atoms. The first-order valence-electron chi connectivity index (χ1n) is 6.59. The molecule has 0 fully saturated rings. The standard InChI is InChI=1S/C15H15ClN4O/c1-21-12-4-2-3-10(7-12)14-19-13-8-11(16)9-18-15(13)20(14)6-5-17/h2-4,7-9H,5-6,17H2,1H3. The average molecular weight is 303 g/mol. The zero-order valence-electron chi connectivity index (χ0n) is 11.6. The third-order valence-corrected chi connectivity index (χ3v) is 3.44. The molecular formula is C15H15ClN4O. The molecule has 0 aliphatic heterocycles. The molecule has 0 saturated heterocycles. The lowest BCUT2D eigenvalue weighted by atomic mass is 10.2. The highest BCUT2D eigenvalue weighted by molar-refractivity contribution is 6.31. The molecule has 3 rings (SSSR count). The Balaban J connectivity index is 2.22. The van der Waals surface area contributed by atoms with Gasteiger partial charge in [0.05, 0.1) is 12.1 Å². The molecule has 3 aromatic rings. The van der Waals surface area contributed by atoms with E-state index in [2.05, 4.69) is 9.97 Å². The minimum absolute atomic E-state index is 0.507. The number of pyridine rings is 1. The second-order valence-electron chi connectivity index (χ2n) is 4.60. The Hall–Kier alpha value is -2.11. The van der Waals surface area contributed by atoms with Crippen molar-refractivity contribution in [2.45, 2.75) is 6.54 Å². The lowest BCUT2D eigenvalue weighted by Crippen LogP contribution is -2.11. The molecule has 108 valence electrons. The number of fused-ring (bicyclic) bond motifs is 1. The molecule has 2 N–H and O–H groups in total. The average Bonchev–Trinajstić information content (AvgIpc) is 2.85. The van der Waals surface area contributed by atoms with Gasteiger partial charge >= 0.3 is 0 Å². The Labute approximate surface area is 127 Å². The Morgan fingerprint density at radius 2 is 2.19 bits per heavy atom. The molecule has 0 amide bonds. The predicted octanol–water partition coefficient (Wildman–Crippen LogP) is 2.72. The summed E-state index contributed by atoms with van der Waals surface area (Å²) in [6.07, 6.45) is 1.62. The summed E-state index contributed by atoms with van der Waals surface area (Å²) in [4.78, 5) is 9.01. The minimum atomic E-state index is 0.507. The van der Waals surface area contributed by atoms with Crippen molar-refractivity contribution in [1.29, 1.82) is 0 Å². The van der Waals surface area contributed by atoms with Crippen LogP contribution in [0.15, 0.2) is 36.5 Å². The van der Waals surface area contributed by atoms with Gasteiger partial charge < -0.3 is 15.0 Å². The SMILES string of the molecule is COc1cccc(-c2nc3cc(Cl)cnc3n2CCN)c1. The van der Waals surface area contributed by atoms with Crippen molar-refractivity contribution < 1.29 is 4.74 Å². The van der Waals surface area contributed by atoms with Crippen LogP contribution in [-0.4, -0.2) is 28.2 Å². The second kappa shape index (κ2) is 5.71. The second-order valence-corrected chi connectivity index (χ2v) is 5.04. The van der Waals surface area contributed by atoms with E-state index in [9.17, 15) is 0 Å². The monoisotopic (exact) mass is 302 g/mol. The molecule has 0 radical (unpaired) electrons. The fourth-order valence-electron chi connectivity index (χ4n) is 2.31. The van der Waals surface area contributed by atoms with Crippen molar-refractivity contribution in [2.75, 3.05) is 13.7 Å². The van der Waals surface area contributed by atoms with E-state index in [1.165, 1.54) is 0 Å². The summed E-state index contributed by atoms with van der Waals surface area (Å²) >= 11 is 5.99. The van der Waals surface area contributed by atoms with Crippen LogP contribution in [0.1, 0.15) is 0 Å². The van der Waals surface area contributed by atoms with E-state index in [0.29, 0.717) is 18.1 Å². The van der Waals surface area contributed by atoms with Crippen molar-refractivity contribution in [3.8, 4) is 17.1 Å². The lowest BCUT2D eigenvalue weighted by molar-refractivity contribution is 0.415. The van der Waals surface area contributed by atoms with E-state index in [1.54, 1.807) is 19.4 Å². The number of rotatable bonds is 4. The van der Waals surface area contributed by atoms with Crippen molar-refractivity contribution >= 4 is 22.8 Å². The molecule has 0 atom stereocenters. The maximum absolute atomic E-state index is 5.99. The highest BCUT2D eigenvalue weighted by Gasteiger charge is 2.14. The van der Waals surface area contributed by atoms with Crippen LogP contribution < -0.4 is 10.5 Å². The first kappa shape index (κ1) is 13.9. The van der Waals surface area contributed by atoms with Gasteiger partial charge in [0.15, 0.2) is 5.65 Å². The maximum Gasteiger partial charge on any atom is 0.160 e. The number of imidazole rings is 1. The Bertz CT molecular complexity index is 784. The van der Waals surface area contributed by atoms with Crippen LogP contribution in [0.25, 0.3) is 22.6 Å². The van der Waals surface area contributed by atoms with Gasteiger partial charge in [-0.1, -0.05) is 23.7 Å². The van der Waals surface area contributed by atoms with Crippen LogP contribution in [-0.2, 0) is 6.54 Å². The van der Waals surface area contributed by atoms with Gasteiger partial charge in [0.25, 0.3) is 0 Å². The number of hydrogen-bond acceptors (Lipinski definition) is 4. The van der Waals surface area contributed by atoms with Gasteiger partial charge in [-0.05, 0) is 18.2 Å². The van der Waals surface area contributed by atoms with Crippen LogP contribution in [0.3, 0.4) is 0 Å². The number of methoxy groups -OCH3 is 1. The largest absolute Gasteiger partial charge is 0.497 e. The van der Waals surface area contributed by atoms with Crippen LogP contribution in [0.4, 0.5) is 0 Å². The van der Waals surface area contributed by atoms with Gasteiger partial charge in [-0.15, -0.1) is 0 Å². The molecule has 0 bridgehead atoms. The van der Waals surface area contributed by atoms with Gasteiger partial charge in [0.2, 0.25) is 0 Å². The predicted molar refractivity (Wildman–Crippen MR) is 83.6 cm³/mol. The summed E-state index contributed by atoms with van der Waals surface area (Å²) in [6, 6.07) is 9.56. The van der Waals surface area contributed by atoms with Gasteiger partial charge in [-0.2, -0.15) is 0 Å². The van der Waals surface area contributed by atoms with Gasteiger partial charge in [-0.25, -0.2) is 9.97 Å². The number of benzene rings is 1. The van der Waals surface area contributed by atoms with Crippen molar-refractivity contribution in [2.24, 2.45) is 5.73 Å². The van der Waals surface area contributed by atoms with Gasteiger partial charge in [-0.3, -0.25) is 0 Å². The Morgan fingerprint density at radius 3 is 2.95 bits per heavy atom. The van der Waals surface area contributed by atoms with E-state index in [1.807, 2.05) is 28.8 Å². The van der Waals surface area contributed by atoms with E-state index in [4.69, 9.17) is 22.1 Å². The number of halogens is 1. The molecule has 1 aromatic carbocycles. The molecule has 0 saturated carbocycles. The maximum atomic E-state index is 5.99. The fourth-order valence-corrected chi connectivity index (χ4v) is 2.46. The molecule has 0 aliphatic rings. The minimum Gasteiger partial charge on any atom is -0.497 e. The number of aromatic nitrogens is 3. The summed E-state index contributed by atoms with van der Waals surface area (Å²) in [5, 5.41) is 0.567. The van der Waals surface area contributed by atoms with E-state index < -0.39 is 0 Å². The highest BCUT2D eigenvalue weighted by Crippen LogP contribution is 2.27. The number of hydrogen-bond donors (Lipinski definition) is 1. The third-order valence-electron chi connectivity index (χ3n) is 3.23. The molecule has 2 aromatic heterocycles. The van der Waals surface area contributed by atoms with Crippen molar-refractivity contribution in [3.05, 3.63) is 41.6 Å². The zero-order chi connectivity index (χ0) is 14.8. The highest BCUT2D eigenvalue weighted by atomic mass is 35.5. The summed E-state index contributed by atoms with van der Waals surface area (Å²) in [6.45, 7) is 1.14. The Morgan fingerprint density at radius 1 is 1.33 bits per heavy atom. The van der Waals surface area contributed by atoms with Gasteiger partial charge in [0.1, 0.15) is 17.1 Å². The molecule has 0 aliphatic carbocycles. The van der Waals surface area contributed by atoms with Crippen LogP contribution in [0, 0.1) is 0 Å².